The number of alkyl halides is 6. The summed E-state index contributed by atoms with van der Waals surface area (Å²) in [6, 6.07) is 5.15. The number of aromatic nitrogens is 2. The van der Waals surface area contributed by atoms with Crippen LogP contribution < -0.4 is 15.4 Å². The Bertz CT molecular complexity index is 1140. The molecule has 1 amide bonds. The normalized spacial score (nSPS) is 18.4. The van der Waals surface area contributed by atoms with Crippen LogP contribution in [0.3, 0.4) is 0 Å². The molecule has 0 unspecified atom stereocenters. The molecule has 176 valence electrons. The molecule has 4 rings (SSSR count). The number of ether oxygens (including phenoxy) is 1. The first kappa shape index (κ1) is 23.4. The Hall–Kier alpha value is -2.74. The van der Waals surface area contributed by atoms with E-state index in [0.29, 0.717) is 4.88 Å². The largest absolute Gasteiger partial charge is 0.573 e. The van der Waals surface area contributed by atoms with E-state index in [-0.39, 0.29) is 28.1 Å². The van der Waals surface area contributed by atoms with Crippen molar-refractivity contribution in [1.82, 2.24) is 9.78 Å². The summed E-state index contributed by atoms with van der Waals surface area (Å²) in [6.45, 7) is 0. The van der Waals surface area contributed by atoms with Crippen molar-refractivity contribution in [3.8, 4) is 5.75 Å². The number of fused-ring (bicyclic) bond motifs is 1. The molecule has 0 fully saturated rings. The van der Waals surface area contributed by atoms with Crippen LogP contribution >= 0.6 is 27.3 Å². The van der Waals surface area contributed by atoms with Crippen LogP contribution in [0.4, 0.5) is 37.8 Å². The summed E-state index contributed by atoms with van der Waals surface area (Å²) in [7, 11) is 0. The molecule has 3 heterocycles. The van der Waals surface area contributed by atoms with Crippen LogP contribution in [0.1, 0.15) is 33.9 Å². The predicted octanol–water partition coefficient (Wildman–Crippen LogP) is 6.52. The molecule has 2 atom stereocenters. The molecule has 2 aromatic heterocycles. The van der Waals surface area contributed by atoms with Crippen LogP contribution in [0.2, 0.25) is 0 Å². The number of amides is 1. The first-order valence-electron chi connectivity index (χ1n) is 9.24. The Labute approximate surface area is 194 Å². The van der Waals surface area contributed by atoms with Crippen LogP contribution in [-0.4, -0.2) is 28.2 Å². The number of carbonyl (C=O) groups excluding carboxylic acids is 1. The Morgan fingerprint density at radius 2 is 1.88 bits per heavy atom. The summed E-state index contributed by atoms with van der Waals surface area (Å²) in [4.78, 5) is 13.4. The highest BCUT2D eigenvalue weighted by atomic mass is 79.9. The number of carbonyl (C=O) groups is 1. The number of rotatable bonds is 4. The Kier molecular flexibility index (Phi) is 6.07. The maximum atomic E-state index is 13.8. The maximum Gasteiger partial charge on any atom is 0.573 e. The Morgan fingerprint density at radius 1 is 1.18 bits per heavy atom. The van der Waals surface area contributed by atoms with Crippen LogP contribution in [0.15, 0.2) is 46.3 Å². The van der Waals surface area contributed by atoms with Gasteiger partial charge >= 0.3 is 12.5 Å². The van der Waals surface area contributed by atoms with Gasteiger partial charge in [0.15, 0.2) is 11.7 Å². The molecule has 1 aliphatic heterocycles. The molecular weight excluding hydrogens is 542 g/mol. The average Bonchev–Trinajstić information content (AvgIpc) is 3.36. The number of halogens is 7. The molecule has 1 aliphatic rings. The number of benzene rings is 1. The van der Waals surface area contributed by atoms with E-state index in [1.807, 2.05) is 0 Å². The maximum absolute atomic E-state index is 13.8. The summed E-state index contributed by atoms with van der Waals surface area (Å²) in [5, 5.41) is 11.0. The molecule has 14 heteroatoms. The highest BCUT2D eigenvalue weighted by Gasteiger charge is 2.48. The molecule has 0 aliphatic carbocycles. The van der Waals surface area contributed by atoms with E-state index in [1.165, 1.54) is 11.3 Å². The van der Waals surface area contributed by atoms with Crippen molar-refractivity contribution in [2.75, 3.05) is 10.6 Å². The second kappa shape index (κ2) is 8.56. The molecule has 33 heavy (non-hydrogen) atoms. The smallest absolute Gasteiger partial charge is 0.406 e. The van der Waals surface area contributed by atoms with Gasteiger partial charge in [0.1, 0.15) is 11.6 Å². The van der Waals surface area contributed by atoms with E-state index in [4.69, 9.17) is 0 Å². The van der Waals surface area contributed by atoms with Crippen molar-refractivity contribution in [3.05, 3.63) is 56.8 Å². The lowest BCUT2D eigenvalue weighted by atomic mass is 10.0. The van der Waals surface area contributed by atoms with Gasteiger partial charge in [0, 0.05) is 17.0 Å². The van der Waals surface area contributed by atoms with Gasteiger partial charge in [-0.05, 0) is 51.6 Å². The number of hydrogen-bond acceptors (Lipinski definition) is 5. The van der Waals surface area contributed by atoms with E-state index >= 15 is 0 Å². The molecule has 0 radical (unpaired) electrons. The third kappa shape index (κ3) is 5.11. The predicted molar refractivity (Wildman–Crippen MR) is 111 cm³/mol. The van der Waals surface area contributed by atoms with Crippen molar-refractivity contribution >= 4 is 44.7 Å². The minimum atomic E-state index is -4.87. The summed E-state index contributed by atoms with van der Waals surface area (Å²) in [6.07, 6.45) is -9.79. The van der Waals surface area contributed by atoms with Crippen molar-refractivity contribution in [2.45, 2.75) is 31.0 Å². The van der Waals surface area contributed by atoms with E-state index in [9.17, 15) is 31.1 Å². The third-order valence-corrected chi connectivity index (χ3v) is 6.48. The van der Waals surface area contributed by atoms with Gasteiger partial charge in [-0.1, -0.05) is 6.07 Å². The average molecular weight is 555 g/mol. The van der Waals surface area contributed by atoms with Gasteiger partial charge in [-0.3, -0.25) is 4.79 Å². The quantitative estimate of drug-likeness (QED) is 0.360. The molecule has 2 N–H and O–H groups in total. The molecular formula is C19H13BrF6N4O2S. The monoisotopic (exact) mass is 554 g/mol. The summed E-state index contributed by atoms with van der Waals surface area (Å²) >= 11 is 4.47. The lowest BCUT2D eigenvalue weighted by molar-refractivity contribution is -0.274. The van der Waals surface area contributed by atoms with Gasteiger partial charge in [0.05, 0.1) is 10.5 Å². The minimum Gasteiger partial charge on any atom is -0.406 e. The van der Waals surface area contributed by atoms with Gasteiger partial charge < -0.3 is 15.4 Å². The van der Waals surface area contributed by atoms with Crippen LogP contribution in [-0.2, 0) is 0 Å². The standard InChI is InChI=1S/C19H13BrF6N4O2S/c20-14-15(17(31)27-9-3-5-10(6-4-9)32-19(24,25)26)29-30-13(18(21,22)23)8-11(28-16(14)30)12-2-1-7-33-12/h1-7,11,13,28H,8H2,(H,27,31)/t11-,13+/m1/s1. The van der Waals surface area contributed by atoms with Crippen molar-refractivity contribution < 1.29 is 35.9 Å². The van der Waals surface area contributed by atoms with Crippen LogP contribution in [0, 0.1) is 0 Å². The first-order chi connectivity index (χ1) is 15.4. The zero-order valence-corrected chi connectivity index (χ0v) is 18.6. The fourth-order valence-electron chi connectivity index (χ4n) is 3.34. The van der Waals surface area contributed by atoms with E-state index in [1.54, 1.807) is 17.5 Å². The van der Waals surface area contributed by atoms with Gasteiger partial charge in [-0.25, -0.2) is 4.68 Å². The SMILES string of the molecule is O=C(Nc1ccc(OC(F)(F)F)cc1)c1nn2c(c1Br)N[C@@H](c1cccs1)C[C@H]2C(F)(F)F. The molecule has 0 bridgehead atoms. The summed E-state index contributed by atoms with van der Waals surface area (Å²) in [5.74, 6) is -1.33. The Balaban J connectivity index is 1.59. The van der Waals surface area contributed by atoms with Crippen molar-refractivity contribution in [1.29, 1.82) is 0 Å². The van der Waals surface area contributed by atoms with Crippen molar-refractivity contribution in [3.63, 3.8) is 0 Å². The van der Waals surface area contributed by atoms with Crippen LogP contribution in [0.25, 0.3) is 0 Å². The van der Waals surface area contributed by atoms with E-state index in [0.717, 1.165) is 28.9 Å². The van der Waals surface area contributed by atoms with Crippen LogP contribution in [0.5, 0.6) is 5.75 Å². The topological polar surface area (TPSA) is 68.2 Å². The molecule has 0 saturated carbocycles. The lowest BCUT2D eigenvalue weighted by Crippen LogP contribution is -2.35. The molecule has 6 nitrogen and oxygen atoms in total. The number of anilines is 2. The number of hydrogen-bond donors (Lipinski definition) is 2. The fraction of sp³-hybridized carbons (Fsp3) is 0.263. The van der Waals surface area contributed by atoms with E-state index < -0.39 is 36.3 Å². The van der Waals surface area contributed by atoms with E-state index in [2.05, 4.69) is 36.4 Å². The molecule has 0 spiro atoms. The highest BCUT2D eigenvalue weighted by Crippen LogP contribution is 2.47. The minimum absolute atomic E-state index is 0.000972. The molecule has 0 saturated heterocycles. The highest BCUT2D eigenvalue weighted by molar-refractivity contribution is 9.10. The van der Waals surface area contributed by atoms with Crippen molar-refractivity contribution in [2.24, 2.45) is 0 Å². The summed E-state index contributed by atoms with van der Waals surface area (Å²) < 4.78 is 82.7. The van der Waals surface area contributed by atoms with Gasteiger partial charge in [-0.15, -0.1) is 24.5 Å². The zero-order chi connectivity index (χ0) is 24.0. The number of nitrogens with one attached hydrogen (secondary N) is 2. The molecule has 3 aromatic rings. The number of nitrogens with zero attached hydrogens (tertiary/aromatic N) is 2. The fourth-order valence-corrected chi connectivity index (χ4v) is 4.69. The summed E-state index contributed by atoms with van der Waals surface area (Å²) in [5.41, 5.74) is -0.210. The van der Waals surface area contributed by atoms with Gasteiger partial charge in [0.25, 0.3) is 5.91 Å². The third-order valence-electron chi connectivity index (χ3n) is 4.74. The molecule has 1 aromatic carbocycles. The second-order valence-electron chi connectivity index (χ2n) is 6.99. The lowest BCUT2D eigenvalue weighted by Gasteiger charge is -2.33. The van der Waals surface area contributed by atoms with Gasteiger partial charge in [-0.2, -0.15) is 18.3 Å². The second-order valence-corrected chi connectivity index (χ2v) is 8.76. The Morgan fingerprint density at radius 3 is 2.45 bits per heavy atom. The zero-order valence-electron chi connectivity index (χ0n) is 16.2. The first-order valence-corrected chi connectivity index (χ1v) is 10.9. The van der Waals surface area contributed by atoms with Gasteiger partial charge in [0.2, 0.25) is 0 Å². The number of thiophene rings is 1.